The maximum atomic E-state index is 11.2. The Labute approximate surface area is 82.8 Å². The van der Waals surface area contributed by atoms with E-state index in [0.29, 0.717) is 0 Å². The van der Waals surface area contributed by atoms with Crippen molar-refractivity contribution < 1.29 is 14.4 Å². The Morgan fingerprint density at radius 2 is 1.86 bits per heavy atom. The van der Waals surface area contributed by atoms with Crippen LogP contribution in [0.25, 0.3) is 0 Å². The van der Waals surface area contributed by atoms with Crippen molar-refractivity contribution in [3.8, 4) is 0 Å². The second-order valence-corrected chi connectivity index (χ2v) is 2.81. The molecule has 0 aromatic rings. The van der Waals surface area contributed by atoms with Gasteiger partial charge in [-0.15, -0.1) is 0 Å². The van der Waals surface area contributed by atoms with E-state index in [2.05, 4.69) is 11.9 Å². The fraction of sp³-hybridized carbons (Fsp3) is 0.444. The number of imide groups is 1. The fourth-order valence-corrected chi connectivity index (χ4v) is 1.08. The second-order valence-electron chi connectivity index (χ2n) is 2.81. The van der Waals surface area contributed by atoms with Gasteiger partial charge in [-0.25, -0.2) is 0 Å². The number of nitrogens with zero attached hydrogens (tertiary/aromatic N) is 1. The lowest BCUT2D eigenvalue weighted by molar-refractivity contribution is -0.144. The van der Waals surface area contributed by atoms with Crippen LogP contribution >= 0.6 is 0 Å². The van der Waals surface area contributed by atoms with E-state index in [9.17, 15) is 14.4 Å². The van der Waals surface area contributed by atoms with E-state index in [-0.39, 0.29) is 5.91 Å². The molecule has 0 saturated carbocycles. The highest BCUT2D eigenvalue weighted by atomic mass is 16.2. The molecule has 0 aliphatic rings. The molecule has 0 radical (unpaired) electrons. The molecule has 0 aromatic heterocycles. The molecule has 0 spiro atoms. The molecule has 5 heteroatoms. The van der Waals surface area contributed by atoms with E-state index in [1.807, 2.05) is 0 Å². The van der Waals surface area contributed by atoms with Gasteiger partial charge in [-0.1, -0.05) is 6.58 Å². The van der Waals surface area contributed by atoms with Crippen molar-refractivity contribution in [1.82, 2.24) is 10.2 Å². The minimum Gasteiger partial charge on any atom is -0.336 e. The molecule has 0 fully saturated rings. The van der Waals surface area contributed by atoms with Gasteiger partial charge in [-0.05, 0) is 13.0 Å². The summed E-state index contributed by atoms with van der Waals surface area (Å²) in [5, 5.41) is 2.44. The van der Waals surface area contributed by atoms with Crippen LogP contribution in [-0.4, -0.2) is 28.8 Å². The zero-order valence-corrected chi connectivity index (χ0v) is 8.53. The highest BCUT2D eigenvalue weighted by molar-refractivity contribution is 6.00. The summed E-state index contributed by atoms with van der Waals surface area (Å²) in [6.45, 7) is 7.38. The Balaban J connectivity index is 4.65. The predicted octanol–water partition coefficient (Wildman–Crippen LogP) is 0.0296. The van der Waals surface area contributed by atoms with Crippen LogP contribution in [0.15, 0.2) is 12.7 Å². The molecule has 0 aromatic carbocycles. The van der Waals surface area contributed by atoms with Crippen LogP contribution in [0.3, 0.4) is 0 Å². The Morgan fingerprint density at radius 1 is 1.36 bits per heavy atom. The zero-order valence-electron chi connectivity index (χ0n) is 8.53. The molecule has 0 heterocycles. The smallest absolute Gasteiger partial charge is 0.254 e. The van der Waals surface area contributed by atoms with E-state index in [0.717, 1.165) is 11.0 Å². The Morgan fingerprint density at radius 3 is 2.14 bits per heavy atom. The van der Waals surface area contributed by atoms with Crippen molar-refractivity contribution >= 4 is 17.7 Å². The molecule has 14 heavy (non-hydrogen) atoms. The van der Waals surface area contributed by atoms with Crippen LogP contribution in [0.4, 0.5) is 0 Å². The van der Waals surface area contributed by atoms with Crippen LogP contribution < -0.4 is 5.32 Å². The van der Waals surface area contributed by atoms with E-state index in [1.54, 1.807) is 6.92 Å². The Bertz CT molecular complexity index is 273. The summed E-state index contributed by atoms with van der Waals surface area (Å²) < 4.78 is 0. The second kappa shape index (κ2) is 5.16. The minimum absolute atomic E-state index is 0.305. The molecule has 0 aliphatic carbocycles. The molecule has 3 amide bonds. The van der Waals surface area contributed by atoms with Gasteiger partial charge in [0.15, 0.2) is 0 Å². The summed E-state index contributed by atoms with van der Waals surface area (Å²) >= 11 is 0. The lowest BCUT2D eigenvalue weighted by Crippen LogP contribution is -2.50. The van der Waals surface area contributed by atoms with Gasteiger partial charge >= 0.3 is 0 Å². The average molecular weight is 198 g/mol. The van der Waals surface area contributed by atoms with E-state index in [4.69, 9.17) is 0 Å². The highest BCUT2D eigenvalue weighted by Crippen LogP contribution is 1.98. The van der Waals surface area contributed by atoms with Crippen molar-refractivity contribution in [2.75, 3.05) is 0 Å². The van der Waals surface area contributed by atoms with Crippen LogP contribution in [0.1, 0.15) is 20.8 Å². The highest BCUT2D eigenvalue weighted by Gasteiger charge is 2.22. The number of hydrogen-bond acceptors (Lipinski definition) is 3. The van der Waals surface area contributed by atoms with Crippen molar-refractivity contribution in [2.24, 2.45) is 0 Å². The van der Waals surface area contributed by atoms with Gasteiger partial charge in [-0.3, -0.25) is 19.3 Å². The average Bonchev–Trinajstić information content (AvgIpc) is 2.01. The molecule has 1 unspecified atom stereocenters. The van der Waals surface area contributed by atoms with Crippen LogP contribution in [0, 0.1) is 0 Å². The topological polar surface area (TPSA) is 66.5 Å². The zero-order chi connectivity index (χ0) is 11.3. The van der Waals surface area contributed by atoms with Crippen LogP contribution in [0.5, 0.6) is 0 Å². The first kappa shape index (κ1) is 12.3. The molecule has 1 atom stereocenters. The van der Waals surface area contributed by atoms with E-state index in [1.165, 1.54) is 13.8 Å². The van der Waals surface area contributed by atoms with Gasteiger partial charge in [0, 0.05) is 13.8 Å². The molecular weight excluding hydrogens is 184 g/mol. The van der Waals surface area contributed by atoms with Crippen molar-refractivity contribution in [1.29, 1.82) is 0 Å². The molecule has 5 nitrogen and oxygen atoms in total. The molecule has 0 aliphatic heterocycles. The van der Waals surface area contributed by atoms with Gasteiger partial charge in [0.25, 0.3) is 5.91 Å². The normalized spacial score (nSPS) is 11.4. The largest absolute Gasteiger partial charge is 0.336 e. The summed E-state index contributed by atoms with van der Waals surface area (Å²) in [6.07, 6.45) is 0.371. The first-order valence-electron chi connectivity index (χ1n) is 4.13. The van der Waals surface area contributed by atoms with E-state index >= 15 is 0 Å². The summed E-state index contributed by atoms with van der Waals surface area (Å²) in [4.78, 5) is 33.9. The molecule has 0 saturated heterocycles. The molecule has 0 rings (SSSR count). The van der Waals surface area contributed by atoms with Gasteiger partial charge in [0.05, 0.1) is 0 Å². The van der Waals surface area contributed by atoms with Crippen molar-refractivity contribution in [3.05, 3.63) is 12.7 Å². The van der Waals surface area contributed by atoms with Crippen LogP contribution in [0.2, 0.25) is 0 Å². The van der Waals surface area contributed by atoms with Crippen molar-refractivity contribution in [3.63, 3.8) is 0 Å². The third kappa shape index (κ3) is 3.38. The van der Waals surface area contributed by atoms with Gasteiger partial charge in [0.2, 0.25) is 11.8 Å². The molecule has 78 valence electrons. The summed E-state index contributed by atoms with van der Waals surface area (Å²) in [5.74, 6) is -1.27. The Hall–Kier alpha value is -1.65. The molecular formula is C9H14N2O3. The first-order valence-corrected chi connectivity index (χ1v) is 4.13. The minimum atomic E-state index is -0.657. The first-order chi connectivity index (χ1) is 6.40. The summed E-state index contributed by atoms with van der Waals surface area (Å²) in [5.41, 5.74) is 0. The van der Waals surface area contributed by atoms with Crippen molar-refractivity contribution in [2.45, 2.75) is 26.9 Å². The summed E-state index contributed by atoms with van der Waals surface area (Å²) in [6, 6.07) is 0. The number of hydrogen-bond donors (Lipinski definition) is 1. The number of carbonyl (C=O) groups is 3. The number of nitrogens with one attached hydrogen (secondary N) is 1. The van der Waals surface area contributed by atoms with Crippen LogP contribution in [-0.2, 0) is 14.4 Å². The maximum Gasteiger partial charge on any atom is 0.254 e. The van der Waals surface area contributed by atoms with Gasteiger partial charge in [0.1, 0.15) is 6.17 Å². The standard InChI is InChI=1S/C9H14N2O3/c1-5-9(14)11(8(4)13)6(2)10-7(3)12/h5-6H,1H2,2-4H3,(H,10,12). The lowest BCUT2D eigenvalue weighted by Gasteiger charge is -2.25. The van der Waals surface area contributed by atoms with Gasteiger partial charge < -0.3 is 5.32 Å². The molecule has 0 bridgehead atoms. The third-order valence-electron chi connectivity index (χ3n) is 1.55. The van der Waals surface area contributed by atoms with Gasteiger partial charge in [-0.2, -0.15) is 0 Å². The SMILES string of the molecule is C=CC(=O)N(C(C)=O)C(C)NC(C)=O. The fourth-order valence-electron chi connectivity index (χ4n) is 1.08. The number of carbonyl (C=O) groups excluding carboxylic acids is 3. The predicted molar refractivity (Wildman–Crippen MR) is 51.0 cm³/mol. The molecule has 1 N–H and O–H groups in total. The Kier molecular flexibility index (Phi) is 4.55. The van der Waals surface area contributed by atoms with E-state index < -0.39 is 18.0 Å². The summed E-state index contributed by atoms with van der Waals surface area (Å²) in [7, 11) is 0. The maximum absolute atomic E-state index is 11.2. The lowest BCUT2D eigenvalue weighted by atomic mass is 10.3. The number of amides is 3. The third-order valence-corrected chi connectivity index (χ3v) is 1.55. The monoisotopic (exact) mass is 198 g/mol. The quantitative estimate of drug-likeness (QED) is 0.514. The number of rotatable bonds is 3.